The molecule has 0 aliphatic heterocycles. The number of carbonyl (C=O) groups is 1. The van der Waals surface area contributed by atoms with E-state index < -0.39 is 6.10 Å². The molecular weight excluding hydrogens is 246 g/mol. The molecule has 90 valence electrons. The number of methoxy groups -OCH3 is 1. The lowest BCUT2D eigenvalue weighted by molar-refractivity contribution is 0.0382. The molecule has 1 N–H and O–H groups in total. The van der Waals surface area contributed by atoms with Crippen molar-refractivity contribution < 1.29 is 14.6 Å². The lowest BCUT2D eigenvalue weighted by Crippen LogP contribution is -2.35. The molecule has 1 aromatic rings. The normalized spacial score (nSPS) is 12.5. The Hall–Kier alpha value is -0.560. The van der Waals surface area contributed by atoms with Gasteiger partial charge in [-0.3, -0.25) is 4.79 Å². The zero-order valence-corrected chi connectivity index (χ0v) is 10.9. The zero-order chi connectivity index (χ0) is 12.1. The molecule has 0 aliphatic carbocycles. The molecule has 1 heterocycles. The molecule has 6 heteroatoms. The second-order valence-corrected chi connectivity index (χ2v) is 4.89. The van der Waals surface area contributed by atoms with E-state index in [1.807, 2.05) is 0 Å². The average molecular weight is 261 g/mol. The summed E-state index contributed by atoms with van der Waals surface area (Å²) >= 11 is 5.49. The Kier molecular flexibility index (Phi) is 5.27. The Morgan fingerprint density at radius 1 is 1.75 bits per heavy atom. The molecule has 0 fully saturated rings. The lowest BCUT2D eigenvalue weighted by Gasteiger charge is -2.19. The Bertz CT molecular complexity index is 354. The molecule has 0 saturated carbocycles. The Balaban J connectivity index is 2.54. The van der Waals surface area contributed by atoms with Gasteiger partial charge in [-0.15, -0.1) is 24.0 Å². The van der Waals surface area contributed by atoms with Crippen molar-refractivity contribution in [2.45, 2.75) is 11.0 Å². The van der Waals surface area contributed by atoms with Crippen LogP contribution in [0.4, 0.5) is 0 Å². The van der Waals surface area contributed by atoms with Crippen molar-refractivity contribution in [1.29, 1.82) is 0 Å². The molecule has 1 amide bonds. The molecule has 1 unspecified atom stereocenters. The number of rotatable bonds is 5. The van der Waals surface area contributed by atoms with Gasteiger partial charge >= 0.3 is 0 Å². The first kappa shape index (κ1) is 13.5. The maximum Gasteiger partial charge on any atom is 0.263 e. The van der Waals surface area contributed by atoms with Crippen LogP contribution in [0.25, 0.3) is 0 Å². The highest BCUT2D eigenvalue weighted by atomic mass is 32.1. The summed E-state index contributed by atoms with van der Waals surface area (Å²) in [6.07, 6.45) is -0.658. The zero-order valence-electron chi connectivity index (χ0n) is 9.21. The van der Waals surface area contributed by atoms with E-state index in [2.05, 4.69) is 12.6 Å². The summed E-state index contributed by atoms with van der Waals surface area (Å²) in [7, 11) is 3.16. The number of aliphatic hydroxyl groups excluding tert-OH is 1. The molecule has 0 bridgehead atoms. The second kappa shape index (κ2) is 6.24. The monoisotopic (exact) mass is 261 g/mol. The van der Waals surface area contributed by atoms with E-state index >= 15 is 0 Å². The largest absolute Gasteiger partial charge is 0.389 e. The van der Waals surface area contributed by atoms with Gasteiger partial charge in [-0.1, -0.05) is 0 Å². The molecule has 0 spiro atoms. The van der Waals surface area contributed by atoms with Crippen molar-refractivity contribution in [2.24, 2.45) is 0 Å². The minimum atomic E-state index is -0.658. The fourth-order valence-corrected chi connectivity index (χ4v) is 2.41. The van der Waals surface area contributed by atoms with Gasteiger partial charge in [0.25, 0.3) is 5.91 Å². The number of likely N-dealkylation sites (N-methyl/N-ethyl adjacent to an activating group) is 1. The van der Waals surface area contributed by atoms with E-state index in [0.717, 1.165) is 4.90 Å². The molecule has 16 heavy (non-hydrogen) atoms. The third kappa shape index (κ3) is 3.79. The van der Waals surface area contributed by atoms with Crippen LogP contribution in [0.5, 0.6) is 0 Å². The van der Waals surface area contributed by atoms with Crippen molar-refractivity contribution in [2.75, 3.05) is 27.3 Å². The van der Waals surface area contributed by atoms with E-state index in [9.17, 15) is 9.90 Å². The van der Waals surface area contributed by atoms with Crippen LogP contribution in [0.15, 0.2) is 16.3 Å². The first-order chi connectivity index (χ1) is 7.54. The van der Waals surface area contributed by atoms with Gasteiger partial charge in [0.15, 0.2) is 0 Å². The molecule has 1 aromatic heterocycles. The fourth-order valence-electron chi connectivity index (χ4n) is 1.27. The molecule has 1 rings (SSSR count). The molecule has 0 saturated heterocycles. The Morgan fingerprint density at radius 3 is 2.94 bits per heavy atom. The van der Waals surface area contributed by atoms with E-state index in [0.29, 0.717) is 4.88 Å². The third-order valence-corrected chi connectivity index (χ3v) is 3.34. The minimum absolute atomic E-state index is 0.111. The van der Waals surface area contributed by atoms with Gasteiger partial charge in [0.1, 0.15) is 0 Å². The second-order valence-electron chi connectivity index (χ2n) is 3.46. The third-order valence-electron chi connectivity index (χ3n) is 1.99. The minimum Gasteiger partial charge on any atom is -0.389 e. The number of aliphatic hydroxyl groups is 1. The summed E-state index contributed by atoms with van der Waals surface area (Å²) < 4.78 is 4.80. The Morgan fingerprint density at radius 2 is 2.44 bits per heavy atom. The van der Waals surface area contributed by atoms with Crippen LogP contribution in [-0.2, 0) is 4.74 Å². The van der Waals surface area contributed by atoms with Gasteiger partial charge in [0.05, 0.1) is 17.6 Å². The number of ether oxygens (including phenoxy) is 1. The van der Waals surface area contributed by atoms with Crippen LogP contribution in [0.2, 0.25) is 0 Å². The Labute approximate surface area is 104 Å². The van der Waals surface area contributed by atoms with Crippen LogP contribution in [0.1, 0.15) is 9.67 Å². The van der Waals surface area contributed by atoms with E-state index in [1.54, 1.807) is 18.5 Å². The number of thiol groups is 1. The van der Waals surface area contributed by atoms with E-state index in [4.69, 9.17) is 4.74 Å². The van der Waals surface area contributed by atoms with Gasteiger partial charge in [0.2, 0.25) is 0 Å². The van der Waals surface area contributed by atoms with Crippen LogP contribution >= 0.6 is 24.0 Å². The van der Waals surface area contributed by atoms with Crippen molar-refractivity contribution in [3.05, 3.63) is 16.3 Å². The van der Waals surface area contributed by atoms with Crippen LogP contribution in [0.3, 0.4) is 0 Å². The first-order valence-electron chi connectivity index (χ1n) is 4.74. The lowest BCUT2D eigenvalue weighted by atomic mass is 10.3. The van der Waals surface area contributed by atoms with Crippen molar-refractivity contribution in [3.63, 3.8) is 0 Å². The molecule has 4 nitrogen and oxygen atoms in total. The SMILES string of the molecule is COCC(O)CN(C)C(=O)c1cc(S)cs1. The van der Waals surface area contributed by atoms with E-state index in [1.165, 1.54) is 23.3 Å². The average Bonchev–Trinajstić information content (AvgIpc) is 2.64. The number of hydrogen-bond acceptors (Lipinski definition) is 5. The number of amides is 1. The quantitative estimate of drug-likeness (QED) is 0.781. The standard InChI is InChI=1S/C10H15NO3S2/c1-11(4-7(12)5-14-2)10(13)9-3-8(15)6-16-9/h3,6-7,12,15H,4-5H2,1-2H3. The van der Waals surface area contributed by atoms with Crippen LogP contribution in [0, 0.1) is 0 Å². The van der Waals surface area contributed by atoms with Gasteiger partial charge in [-0.05, 0) is 6.07 Å². The molecule has 1 atom stereocenters. The molecule has 0 aliphatic rings. The van der Waals surface area contributed by atoms with Gasteiger partial charge in [-0.25, -0.2) is 0 Å². The van der Waals surface area contributed by atoms with Crippen molar-refractivity contribution in [1.82, 2.24) is 4.90 Å². The van der Waals surface area contributed by atoms with Gasteiger partial charge in [-0.2, -0.15) is 0 Å². The summed E-state index contributed by atoms with van der Waals surface area (Å²) in [4.78, 5) is 14.7. The molecular formula is C10H15NO3S2. The number of thiophene rings is 1. The first-order valence-corrected chi connectivity index (χ1v) is 6.07. The highest BCUT2D eigenvalue weighted by Crippen LogP contribution is 2.18. The summed E-state index contributed by atoms with van der Waals surface area (Å²) in [6.45, 7) is 0.479. The number of hydrogen-bond donors (Lipinski definition) is 2. The summed E-state index contributed by atoms with van der Waals surface area (Å²) in [5.74, 6) is -0.111. The van der Waals surface area contributed by atoms with Crippen molar-refractivity contribution >= 4 is 29.9 Å². The fraction of sp³-hybridized carbons (Fsp3) is 0.500. The van der Waals surface area contributed by atoms with Gasteiger partial charge in [0, 0.05) is 31.0 Å². The smallest absolute Gasteiger partial charge is 0.263 e. The summed E-state index contributed by atoms with van der Waals surface area (Å²) in [5.41, 5.74) is 0. The maximum atomic E-state index is 11.8. The predicted octanol–water partition coefficient (Wildman–Crippen LogP) is 1.12. The van der Waals surface area contributed by atoms with Crippen LogP contribution in [-0.4, -0.2) is 49.3 Å². The van der Waals surface area contributed by atoms with Crippen LogP contribution < -0.4 is 0 Å². The summed E-state index contributed by atoms with van der Waals surface area (Å²) in [6, 6.07) is 1.72. The topological polar surface area (TPSA) is 49.8 Å². The summed E-state index contributed by atoms with van der Waals surface area (Å²) in [5, 5.41) is 11.3. The predicted molar refractivity (Wildman–Crippen MR) is 66.4 cm³/mol. The molecule has 0 radical (unpaired) electrons. The van der Waals surface area contributed by atoms with E-state index in [-0.39, 0.29) is 19.1 Å². The number of carbonyl (C=O) groups excluding carboxylic acids is 1. The highest BCUT2D eigenvalue weighted by Gasteiger charge is 2.16. The molecule has 0 aromatic carbocycles. The maximum absolute atomic E-state index is 11.8. The number of nitrogens with zero attached hydrogens (tertiary/aromatic N) is 1. The van der Waals surface area contributed by atoms with Crippen molar-refractivity contribution in [3.8, 4) is 0 Å². The highest BCUT2D eigenvalue weighted by molar-refractivity contribution is 7.80. The van der Waals surface area contributed by atoms with Gasteiger partial charge < -0.3 is 14.7 Å².